The average Bonchev–Trinajstić information content (AvgIpc) is 2.17. The Hall–Kier alpha value is -1.26. The molecular formula is C8H9ClN2O2. The Morgan fingerprint density at radius 1 is 1.62 bits per heavy atom. The van der Waals surface area contributed by atoms with E-state index in [0.29, 0.717) is 16.3 Å². The fourth-order valence-electron chi connectivity index (χ4n) is 0.884. The first-order chi connectivity index (χ1) is 6.19. The van der Waals surface area contributed by atoms with Crippen molar-refractivity contribution in [3.63, 3.8) is 0 Å². The normalized spacial score (nSPS) is 9.46. The van der Waals surface area contributed by atoms with Crippen molar-refractivity contribution >= 4 is 17.5 Å². The van der Waals surface area contributed by atoms with Crippen molar-refractivity contribution in [1.29, 1.82) is 0 Å². The Morgan fingerprint density at radius 3 is 2.85 bits per heavy atom. The van der Waals surface area contributed by atoms with Crippen LogP contribution in [0.5, 0.6) is 5.75 Å². The van der Waals surface area contributed by atoms with Gasteiger partial charge in [-0.25, -0.2) is 5.84 Å². The summed E-state index contributed by atoms with van der Waals surface area (Å²) in [4.78, 5) is 11.1. The van der Waals surface area contributed by atoms with Crippen LogP contribution in [0.25, 0.3) is 0 Å². The second kappa shape index (κ2) is 4.11. The van der Waals surface area contributed by atoms with Crippen LogP contribution in [0.1, 0.15) is 10.4 Å². The van der Waals surface area contributed by atoms with Gasteiger partial charge in [-0.15, -0.1) is 0 Å². The van der Waals surface area contributed by atoms with Gasteiger partial charge in [-0.05, 0) is 18.2 Å². The molecule has 0 saturated carbocycles. The fourth-order valence-corrected chi connectivity index (χ4v) is 1.08. The standard InChI is InChI=1S/C8H9ClN2O2/c1-13-7-4-5(8(12)11-10)2-3-6(7)9/h2-4H,10H2,1H3,(H,11,12). The Morgan fingerprint density at radius 2 is 2.31 bits per heavy atom. The highest BCUT2D eigenvalue weighted by molar-refractivity contribution is 6.32. The van der Waals surface area contributed by atoms with Crippen molar-refractivity contribution < 1.29 is 9.53 Å². The fraction of sp³-hybridized carbons (Fsp3) is 0.125. The molecule has 0 spiro atoms. The number of carbonyl (C=O) groups excluding carboxylic acids is 1. The molecule has 0 aliphatic rings. The molecule has 5 heteroatoms. The summed E-state index contributed by atoms with van der Waals surface area (Å²) in [5.41, 5.74) is 2.42. The number of ether oxygens (including phenoxy) is 1. The van der Waals surface area contributed by atoms with Gasteiger partial charge in [0.1, 0.15) is 5.75 Å². The molecule has 0 aliphatic heterocycles. The number of benzene rings is 1. The molecule has 0 radical (unpaired) electrons. The monoisotopic (exact) mass is 200 g/mol. The van der Waals surface area contributed by atoms with Gasteiger partial charge in [0.15, 0.2) is 0 Å². The summed E-state index contributed by atoms with van der Waals surface area (Å²) in [7, 11) is 1.48. The number of hydrogen-bond donors (Lipinski definition) is 2. The Kier molecular flexibility index (Phi) is 3.11. The summed E-state index contributed by atoms with van der Waals surface area (Å²) < 4.78 is 4.93. The summed E-state index contributed by atoms with van der Waals surface area (Å²) in [6.07, 6.45) is 0. The Balaban J connectivity index is 3.06. The number of methoxy groups -OCH3 is 1. The molecule has 1 amide bonds. The predicted octanol–water partition coefficient (Wildman–Crippen LogP) is 0.952. The largest absolute Gasteiger partial charge is 0.495 e. The van der Waals surface area contributed by atoms with Crippen molar-refractivity contribution in [2.45, 2.75) is 0 Å². The zero-order chi connectivity index (χ0) is 9.84. The number of carbonyl (C=O) groups is 1. The molecule has 3 N–H and O–H groups in total. The molecule has 0 heterocycles. The molecule has 0 aromatic heterocycles. The van der Waals surface area contributed by atoms with Crippen LogP contribution in [0.4, 0.5) is 0 Å². The van der Waals surface area contributed by atoms with E-state index in [-0.39, 0.29) is 5.91 Å². The molecule has 1 aromatic carbocycles. The Bertz CT molecular complexity index is 328. The number of rotatable bonds is 2. The predicted molar refractivity (Wildman–Crippen MR) is 49.7 cm³/mol. The lowest BCUT2D eigenvalue weighted by atomic mass is 10.2. The molecule has 0 fully saturated rings. The van der Waals surface area contributed by atoms with E-state index in [1.807, 2.05) is 5.43 Å². The quantitative estimate of drug-likeness (QED) is 0.425. The van der Waals surface area contributed by atoms with Crippen LogP contribution in [0, 0.1) is 0 Å². The smallest absolute Gasteiger partial charge is 0.265 e. The van der Waals surface area contributed by atoms with E-state index < -0.39 is 0 Å². The molecule has 1 aromatic rings. The minimum atomic E-state index is -0.380. The minimum Gasteiger partial charge on any atom is -0.495 e. The molecule has 0 unspecified atom stereocenters. The van der Waals surface area contributed by atoms with Gasteiger partial charge in [0.25, 0.3) is 5.91 Å². The minimum absolute atomic E-state index is 0.380. The third-order valence-electron chi connectivity index (χ3n) is 1.54. The number of nitrogens with two attached hydrogens (primary N) is 1. The van der Waals surface area contributed by atoms with Crippen LogP contribution in [0.2, 0.25) is 5.02 Å². The van der Waals surface area contributed by atoms with Gasteiger partial charge in [-0.3, -0.25) is 10.2 Å². The molecular weight excluding hydrogens is 192 g/mol. The Labute approximate surface area is 80.6 Å². The van der Waals surface area contributed by atoms with E-state index in [0.717, 1.165) is 0 Å². The number of halogens is 1. The SMILES string of the molecule is COc1cc(C(=O)NN)ccc1Cl. The van der Waals surface area contributed by atoms with Gasteiger partial charge >= 0.3 is 0 Å². The maximum Gasteiger partial charge on any atom is 0.265 e. The number of hydrogen-bond acceptors (Lipinski definition) is 3. The third kappa shape index (κ3) is 2.11. The lowest BCUT2D eigenvalue weighted by Crippen LogP contribution is -2.29. The molecule has 1 rings (SSSR count). The van der Waals surface area contributed by atoms with Crippen LogP contribution in [-0.4, -0.2) is 13.0 Å². The van der Waals surface area contributed by atoms with E-state index >= 15 is 0 Å². The highest BCUT2D eigenvalue weighted by Crippen LogP contribution is 2.24. The summed E-state index contributed by atoms with van der Waals surface area (Å²) in [5, 5.41) is 0.455. The maximum absolute atomic E-state index is 11.1. The summed E-state index contributed by atoms with van der Waals surface area (Å²) in [6, 6.07) is 4.66. The molecule has 4 nitrogen and oxygen atoms in total. The van der Waals surface area contributed by atoms with Gasteiger partial charge in [0.05, 0.1) is 12.1 Å². The third-order valence-corrected chi connectivity index (χ3v) is 1.86. The van der Waals surface area contributed by atoms with E-state index in [9.17, 15) is 4.79 Å². The second-order valence-corrected chi connectivity index (χ2v) is 2.73. The van der Waals surface area contributed by atoms with E-state index in [4.69, 9.17) is 22.2 Å². The van der Waals surface area contributed by atoms with Crippen LogP contribution in [0.3, 0.4) is 0 Å². The van der Waals surface area contributed by atoms with Gasteiger partial charge in [0, 0.05) is 5.56 Å². The van der Waals surface area contributed by atoms with Gasteiger partial charge in [-0.2, -0.15) is 0 Å². The highest BCUT2D eigenvalue weighted by atomic mass is 35.5. The summed E-state index contributed by atoms with van der Waals surface area (Å²) in [5.74, 6) is 5.03. The van der Waals surface area contributed by atoms with Crippen molar-refractivity contribution in [2.24, 2.45) is 5.84 Å². The average molecular weight is 201 g/mol. The van der Waals surface area contributed by atoms with E-state index in [1.165, 1.54) is 13.2 Å². The lowest BCUT2D eigenvalue weighted by Gasteiger charge is -2.04. The topological polar surface area (TPSA) is 64.3 Å². The number of amides is 1. The second-order valence-electron chi connectivity index (χ2n) is 2.32. The van der Waals surface area contributed by atoms with Crippen LogP contribution in [0.15, 0.2) is 18.2 Å². The molecule has 70 valence electrons. The molecule has 13 heavy (non-hydrogen) atoms. The van der Waals surface area contributed by atoms with Crippen molar-refractivity contribution in [2.75, 3.05) is 7.11 Å². The first kappa shape index (κ1) is 9.83. The van der Waals surface area contributed by atoms with Crippen LogP contribution in [-0.2, 0) is 0 Å². The van der Waals surface area contributed by atoms with Gasteiger partial charge < -0.3 is 4.74 Å². The van der Waals surface area contributed by atoms with Crippen molar-refractivity contribution in [3.05, 3.63) is 28.8 Å². The summed E-state index contributed by atoms with van der Waals surface area (Å²) >= 11 is 5.76. The number of nitrogens with one attached hydrogen (secondary N) is 1. The zero-order valence-corrected chi connectivity index (χ0v) is 7.76. The first-order valence-corrected chi connectivity index (χ1v) is 3.91. The lowest BCUT2D eigenvalue weighted by molar-refractivity contribution is 0.0953. The van der Waals surface area contributed by atoms with Crippen molar-refractivity contribution in [3.8, 4) is 5.75 Å². The molecule has 0 saturated heterocycles. The van der Waals surface area contributed by atoms with E-state index in [1.54, 1.807) is 12.1 Å². The first-order valence-electron chi connectivity index (χ1n) is 3.53. The zero-order valence-electron chi connectivity index (χ0n) is 7.00. The highest BCUT2D eigenvalue weighted by Gasteiger charge is 2.07. The molecule has 0 aliphatic carbocycles. The maximum atomic E-state index is 11.1. The summed E-state index contributed by atoms with van der Waals surface area (Å²) in [6.45, 7) is 0. The van der Waals surface area contributed by atoms with Gasteiger partial charge in [0.2, 0.25) is 0 Å². The van der Waals surface area contributed by atoms with Crippen LogP contribution < -0.4 is 16.0 Å². The van der Waals surface area contributed by atoms with Crippen molar-refractivity contribution in [1.82, 2.24) is 5.43 Å². The van der Waals surface area contributed by atoms with Crippen LogP contribution >= 0.6 is 11.6 Å². The number of nitrogen functional groups attached to an aromatic ring is 1. The number of hydrazine groups is 1. The molecule has 0 atom stereocenters. The molecule has 0 bridgehead atoms. The van der Waals surface area contributed by atoms with Gasteiger partial charge in [-0.1, -0.05) is 11.6 Å². The van der Waals surface area contributed by atoms with E-state index in [2.05, 4.69) is 0 Å².